The smallest absolute Gasteiger partial charge is 0.410 e. The number of rotatable bonds is 4. The van der Waals surface area contributed by atoms with E-state index in [0.29, 0.717) is 37.9 Å². The molecule has 3 aromatic rings. The molecule has 1 unspecified atom stereocenters. The normalized spacial score (nSPS) is 18.6. The van der Waals surface area contributed by atoms with Gasteiger partial charge in [-0.1, -0.05) is 0 Å². The first kappa shape index (κ1) is 24.3. The summed E-state index contributed by atoms with van der Waals surface area (Å²) in [6.45, 7) is 11.7. The third-order valence-corrected chi connectivity index (χ3v) is 6.66. The van der Waals surface area contributed by atoms with Crippen LogP contribution in [0.15, 0.2) is 24.4 Å². The van der Waals surface area contributed by atoms with Gasteiger partial charge < -0.3 is 24.0 Å². The summed E-state index contributed by atoms with van der Waals surface area (Å²) < 4.78 is 18.4. The predicted molar refractivity (Wildman–Crippen MR) is 136 cm³/mol. The molecule has 1 atom stereocenters. The molecule has 0 spiro atoms. The number of methoxy groups -OCH3 is 1. The lowest BCUT2D eigenvalue weighted by molar-refractivity contribution is 0.0240. The number of anilines is 1. The molecular formula is C26H34N6O4. The number of ether oxygens (including phenoxy) is 3. The van der Waals surface area contributed by atoms with Crippen molar-refractivity contribution >= 4 is 22.8 Å². The van der Waals surface area contributed by atoms with E-state index in [9.17, 15) is 4.79 Å². The van der Waals surface area contributed by atoms with Crippen molar-refractivity contribution < 1.29 is 19.0 Å². The molecule has 0 aliphatic carbocycles. The Kier molecular flexibility index (Phi) is 6.46. The van der Waals surface area contributed by atoms with Crippen molar-refractivity contribution in [1.29, 1.82) is 0 Å². The lowest BCUT2D eigenvalue weighted by atomic mass is 9.93. The van der Waals surface area contributed by atoms with Gasteiger partial charge in [-0.2, -0.15) is 15.1 Å². The molecule has 0 saturated carbocycles. The number of benzene rings is 1. The second-order valence-electron chi connectivity index (χ2n) is 10.4. The van der Waals surface area contributed by atoms with Gasteiger partial charge in [0.25, 0.3) is 0 Å². The van der Waals surface area contributed by atoms with E-state index >= 15 is 0 Å². The number of hydrogen-bond donors (Lipinski definition) is 0. The Morgan fingerprint density at radius 1 is 1.08 bits per heavy atom. The second-order valence-corrected chi connectivity index (χ2v) is 10.4. The molecular weight excluding hydrogens is 460 g/mol. The second kappa shape index (κ2) is 9.57. The summed E-state index contributed by atoms with van der Waals surface area (Å²) in [5.74, 6) is 1.77. The quantitative estimate of drug-likeness (QED) is 0.542. The number of aryl methyl sites for hydroxylation is 1. The van der Waals surface area contributed by atoms with E-state index < -0.39 is 5.60 Å². The summed E-state index contributed by atoms with van der Waals surface area (Å²) in [5, 5.41) is 5.71. The zero-order valence-corrected chi connectivity index (χ0v) is 21.7. The maximum absolute atomic E-state index is 12.5. The van der Waals surface area contributed by atoms with Crippen LogP contribution in [0, 0.1) is 6.92 Å². The van der Waals surface area contributed by atoms with Crippen LogP contribution in [-0.2, 0) is 9.47 Å². The number of nitrogens with zero attached hydrogens (tertiary/aromatic N) is 6. The molecule has 4 heterocycles. The van der Waals surface area contributed by atoms with Crippen LogP contribution >= 0.6 is 0 Å². The molecule has 0 N–H and O–H groups in total. The fourth-order valence-electron chi connectivity index (χ4n) is 4.81. The fourth-order valence-corrected chi connectivity index (χ4v) is 4.81. The standard InChI is InChI=1S/C26H34N6O4/c1-17-12-19-15-27-32(21(19)13-20(17)18-6-11-35-16-18)23-14-22(28-24(29-23)34-5)30-7-9-31(10-8-30)25(33)36-26(2,3)4/h12-15,18H,6-11,16H2,1-5H3. The van der Waals surface area contributed by atoms with Crippen LogP contribution in [0.3, 0.4) is 0 Å². The van der Waals surface area contributed by atoms with E-state index in [2.05, 4.69) is 39.0 Å². The van der Waals surface area contributed by atoms with Crippen molar-refractivity contribution in [1.82, 2.24) is 24.6 Å². The Hall–Kier alpha value is -3.40. The highest BCUT2D eigenvalue weighted by Crippen LogP contribution is 2.32. The van der Waals surface area contributed by atoms with Crippen molar-refractivity contribution in [2.75, 3.05) is 51.4 Å². The topological polar surface area (TPSA) is 94.8 Å². The minimum Gasteiger partial charge on any atom is -0.467 e. The Morgan fingerprint density at radius 3 is 2.50 bits per heavy atom. The predicted octanol–water partition coefficient (Wildman–Crippen LogP) is 3.69. The van der Waals surface area contributed by atoms with E-state index in [0.717, 1.165) is 36.4 Å². The van der Waals surface area contributed by atoms with Gasteiger partial charge in [-0.3, -0.25) is 0 Å². The van der Waals surface area contributed by atoms with E-state index in [-0.39, 0.29) is 12.1 Å². The number of fused-ring (bicyclic) bond motifs is 1. The fraction of sp³-hybridized carbons (Fsp3) is 0.538. The number of piperazine rings is 1. The third kappa shape index (κ3) is 4.95. The Labute approximate surface area is 211 Å². The average Bonchev–Trinajstić information content (AvgIpc) is 3.52. The molecule has 10 nitrogen and oxygen atoms in total. The van der Waals surface area contributed by atoms with Crippen molar-refractivity contribution in [2.24, 2.45) is 0 Å². The van der Waals surface area contributed by atoms with Gasteiger partial charge in [0.2, 0.25) is 0 Å². The molecule has 1 amide bonds. The van der Waals surface area contributed by atoms with Gasteiger partial charge in [-0.05, 0) is 57.4 Å². The SMILES string of the molecule is COc1nc(N2CCN(C(=O)OC(C)(C)C)CC2)cc(-n2ncc3cc(C)c(C4CCOC4)cc32)n1. The maximum Gasteiger partial charge on any atom is 0.410 e. The van der Waals surface area contributed by atoms with E-state index in [1.165, 1.54) is 11.1 Å². The van der Waals surface area contributed by atoms with E-state index in [1.807, 2.05) is 37.7 Å². The maximum atomic E-state index is 12.5. The first-order chi connectivity index (χ1) is 17.2. The van der Waals surface area contributed by atoms with Crippen LogP contribution in [-0.4, -0.2) is 82.8 Å². The van der Waals surface area contributed by atoms with Gasteiger partial charge in [0.15, 0.2) is 5.82 Å². The van der Waals surface area contributed by atoms with Crippen LogP contribution in [0.25, 0.3) is 16.7 Å². The van der Waals surface area contributed by atoms with Gasteiger partial charge in [0.05, 0.1) is 25.4 Å². The molecule has 0 bridgehead atoms. The zero-order chi connectivity index (χ0) is 25.4. The van der Waals surface area contributed by atoms with Crippen LogP contribution in [0.4, 0.5) is 10.6 Å². The lowest BCUT2D eigenvalue weighted by Crippen LogP contribution is -2.50. The Morgan fingerprint density at radius 2 is 1.83 bits per heavy atom. The van der Waals surface area contributed by atoms with Crippen LogP contribution in [0.1, 0.15) is 44.2 Å². The highest BCUT2D eigenvalue weighted by molar-refractivity contribution is 5.82. The summed E-state index contributed by atoms with van der Waals surface area (Å²) in [5.41, 5.74) is 3.02. The van der Waals surface area contributed by atoms with Gasteiger partial charge in [-0.25, -0.2) is 9.48 Å². The molecule has 2 fully saturated rings. The van der Waals surface area contributed by atoms with E-state index in [4.69, 9.17) is 14.2 Å². The van der Waals surface area contributed by atoms with Crippen LogP contribution in [0.5, 0.6) is 6.01 Å². The molecule has 1 aromatic carbocycles. The number of carbonyl (C=O) groups excluding carboxylic acids is 1. The average molecular weight is 495 g/mol. The molecule has 10 heteroatoms. The first-order valence-electron chi connectivity index (χ1n) is 12.4. The summed E-state index contributed by atoms with van der Waals surface area (Å²) in [6, 6.07) is 6.60. The van der Waals surface area contributed by atoms with Crippen LogP contribution < -0.4 is 9.64 Å². The largest absolute Gasteiger partial charge is 0.467 e. The van der Waals surface area contributed by atoms with Gasteiger partial charge in [-0.15, -0.1) is 0 Å². The number of aromatic nitrogens is 4. The molecule has 2 saturated heterocycles. The van der Waals surface area contributed by atoms with Crippen molar-refractivity contribution in [2.45, 2.75) is 45.6 Å². The molecule has 2 aliphatic heterocycles. The number of carbonyl (C=O) groups is 1. The van der Waals surface area contributed by atoms with Gasteiger partial charge in [0, 0.05) is 50.2 Å². The first-order valence-corrected chi connectivity index (χ1v) is 12.4. The summed E-state index contributed by atoms with van der Waals surface area (Å²) in [6.07, 6.45) is 2.61. The monoisotopic (exact) mass is 494 g/mol. The molecule has 5 rings (SSSR count). The van der Waals surface area contributed by atoms with Gasteiger partial charge in [0.1, 0.15) is 11.4 Å². The Balaban J connectivity index is 1.42. The van der Waals surface area contributed by atoms with Crippen molar-refractivity contribution in [3.63, 3.8) is 0 Å². The van der Waals surface area contributed by atoms with Crippen molar-refractivity contribution in [3.8, 4) is 11.8 Å². The third-order valence-electron chi connectivity index (χ3n) is 6.66. The molecule has 192 valence electrons. The zero-order valence-electron chi connectivity index (χ0n) is 21.7. The Bertz CT molecular complexity index is 1250. The number of hydrogen-bond acceptors (Lipinski definition) is 8. The highest BCUT2D eigenvalue weighted by atomic mass is 16.6. The van der Waals surface area contributed by atoms with Crippen LogP contribution in [0.2, 0.25) is 0 Å². The number of amides is 1. The lowest BCUT2D eigenvalue weighted by Gasteiger charge is -2.36. The summed E-state index contributed by atoms with van der Waals surface area (Å²) in [4.78, 5) is 25.5. The summed E-state index contributed by atoms with van der Waals surface area (Å²) in [7, 11) is 1.56. The molecule has 36 heavy (non-hydrogen) atoms. The van der Waals surface area contributed by atoms with Gasteiger partial charge >= 0.3 is 12.1 Å². The molecule has 0 radical (unpaired) electrons. The molecule has 2 aromatic heterocycles. The van der Waals surface area contributed by atoms with Crippen molar-refractivity contribution in [3.05, 3.63) is 35.5 Å². The minimum absolute atomic E-state index is 0.275. The molecule has 2 aliphatic rings. The minimum atomic E-state index is -0.515. The summed E-state index contributed by atoms with van der Waals surface area (Å²) >= 11 is 0. The highest BCUT2D eigenvalue weighted by Gasteiger charge is 2.27. The van der Waals surface area contributed by atoms with E-state index in [1.54, 1.807) is 12.0 Å².